The number of aromatic nitrogens is 1. The molecule has 1 aliphatic heterocycles. The van der Waals surface area contributed by atoms with Crippen molar-refractivity contribution in [1.29, 1.82) is 0 Å². The minimum absolute atomic E-state index is 0.0931. The highest BCUT2D eigenvalue weighted by molar-refractivity contribution is 5.90. The van der Waals surface area contributed by atoms with Gasteiger partial charge in [0.15, 0.2) is 0 Å². The first kappa shape index (κ1) is 14.1. The Morgan fingerprint density at radius 3 is 2.48 bits per heavy atom. The number of hydrogen-bond acceptors (Lipinski definition) is 2. The minimum atomic E-state index is -0.769. The van der Waals surface area contributed by atoms with Crippen LogP contribution in [0.3, 0.4) is 0 Å². The zero-order valence-corrected chi connectivity index (χ0v) is 13.1. The number of rotatable bonds is 3. The number of carboxylic acids is 1. The maximum atomic E-state index is 11.1. The highest BCUT2D eigenvalue weighted by atomic mass is 16.4. The van der Waals surface area contributed by atoms with Crippen LogP contribution < -0.4 is 0 Å². The Balaban J connectivity index is 2.14. The van der Waals surface area contributed by atoms with Gasteiger partial charge in [-0.3, -0.25) is 9.69 Å². The van der Waals surface area contributed by atoms with Crippen LogP contribution in [0.1, 0.15) is 36.2 Å². The third kappa shape index (κ3) is 2.23. The lowest BCUT2D eigenvalue weighted by molar-refractivity contribution is -0.136. The first-order valence-electron chi connectivity index (χ1n) is 7.44. The number of aliphatic carboxylic acids is 1. The summed E-state index contributed by atoms with van der Waals surface area (Å²) in [5.41, 5.74) is 5.86. The van der Waals surface area contributed by atoms with Crippen molar-refractivity contribution in [2.45, 2.75) is 46.3 Å². The second-order valence-electron chi connectivity index (χ2n) is 6.33. The molecular formula is C17H22N2O2. The zero-order chi connectivity index (χ0) is 15.3. The Morgan fingerprint density at radius 1 is 1.29 bits per heavy atom. The van der Waals surface area contributed by atoms with Gasteiger partial charge in [-0.2, -0.15) is 0 Å². The summed E-state index contributed by atoms with van der Waals surface area (Å²) < 4.78 is 2.12. The Bertz CT molecular complexity index is 728. The molecule has 0 spiro atoms. The summed E-state index contributed by atoms with van der Waals surface area (Å²) in [6, 6.07) is 4.98. The van der Waals surface area contributed by atoms with Crippen LogP contribution >= 0.6 is 0 Å². The molecule has 112 valence electrons. The molecule has 0 aliphatic carbocycles. The molecule has 21 heavy (non-hydrogen) atoms. The van der Waals surface area contributed by atoms with Gasteiger partial charge in [0.2, 0.25) is 0 Å². The van der Waals surface area contributed by atoms with Crippen LogP contribution in [-0.2, 0) is 31.4 Å². The van der Waals surface area contributed by atoms with Crippen molar-refractivity contribution in [2.75, 3.05) is 0 Å². The molecule has 0 amide bonds. The Labute approximate surface area is 125 Å². The molecule has 1 aromatic carbocycles. The SMILES string of the molecule is Cc1c(CC(=O)O)c2cc3c(cc2n1C)CN(C(C)C)C3. The quantitative estimate of drug-likeness (QED) is 0.943. The standard InChI is InChI=1S/C17H22N2O2/c1-10(2)19-8-12-5-15-14(7-17(20)21)11(3)18(4)16(15)6-13(12)9-19/h5-6,10H,7-9H2,1-4H3,(H,20,21). The normalized spacial score (nSPS) is 15.1. The van der Waals surface area contributed by atoms with Crippen molar-refractivity contribution in [3.8, 4) is 0 Å². The first-order valence-corrected chi connectivity index (χ1v) is 7.44. The van der Waals surface area contributed by atoms with E-state index >= 15 is 0 Å². The molecule has 0 saturated heterocycles. The fraction of sp³-hybridized carbons (Fsp3) is 0.471. The first-order chi connectivity index (χ1) is 9.88. The minimum Gasteiger partial charge on any atom is -0.481 e. The third-order valence-corrected chi connectivity index (χ3v) is 4.75. The second-order valence-corrected chi connectivity index (χ2v) is 6.33. The molecule has 0 fully saturated rings. The molecule has 0 atom stereocenters. The van der Waals surface area contributed by atoms with E-state index in [0.29, 0.717) is 6.04 Å². The van der Waals surface area contributed by atoms with Crippen molar-refractivity contribution < 1.29 is 9.90 Å². The topological polar surface area (TPSA) is 45.5 Å². The van der Waals surface area contributed by atoms with Crippen molar-refractivity contribution in [1.82, 2.24) is 9.47 Å². The van der Waals surface area contributed by atoms with E-state index in [2.05, 4.69) is 35.4 Å². The summed E-state index contributed by atoms with van der Waals surface area (Å²) in [6.45, 7) is 8.38. The lowest BCUT2D eigenvalue weighted by atomic mass is 10.0. The largest absolute Gasteiger partial charge is 0.481 e. The van der Waals surface area contributed by atoms with Gasteiger partial charge in [-0.05, 0) is 49.6 Å². The van der Waals surface area contributed by atoms with Crippen molar-refractivity contribution in [2.24, 2.45) is 7.05 Å². The highest BCUT2D eigenvalue weighted by Crippen LogP contribution is 2.33. The third-order valence-electron chi connectivity index (χ3n) is 4.75. The molecule has 3 rings (SSSR count). The number of carboxylic acid groups (broad SMARTS) is 1. The molecule has 4 heteroatoms. The van der Waals surface area contributed by atoms with Gasteiger partial charge in [0, 0.05) is 42.8 Å². The van der Waals surface area contributed by atoms with Gasteiger partial charge in [0.05, 0.1) is 6.42 Å². The zero-order valence-electron chi connectivity index (χ0n) is 13.1. The molecule has 0 unspecified atom stereocenters. The summed E-state index contributed by atoms with van der Waals surface area (Å²) in [5, 5.41) is 10.2. The van der Waals surface area contributed by atoms with Gasteiger partial charge in [-0.15, -0.1) is 0 Å². The van der Waals surface area contributed by atoms with E-state index in [9.17, 15) is 4.79 Å². The van der Waals surface area contributed by atoms with E-state index in [1.807, 2.05) is 14.0 Å². The summed E-state index contributed by atoms with van der Waals surface area (Å²) in [7, 11) is 2.02. The van der Waals surface area contributed by atoms with Gasteiger partial charge >= 0.3 is 5.97 Å². The number of aryl methyl sites for hydroxylation is 1. The predicted molar refractivity (Wildman–Crippen MR) is 83.4 cm³/mol. The number of fused-ring (bicyclic) bond motifs is 2. The van der Waals surface area contributed by atoms with Crippen LogP contribution in [0.2, 0.25) is 0 Å². The molecule has 0 radical (unpaired) electrons. The molecule has 4 nitrogen and oxygen atoms in total. The fourth-order valence-electron chi connectivity index (χ4n) is 3.30. The van der Waals surface area contributed by atoms with Crippen LogP contribution in [-0.4, -0.2) is 26.6 Å². The monoisotopic (exact) mass is 286 g/mol. The van der Waals surface area contributed by atoms with Crippen LogP contribution in [0, 0.1) is 6.92 Å². The summed E-state index contributed by atoms with van der Waals surface area (Å²) in [5.74, 6) is -0.769. The van der Waals surface area contributed by atoms with E-state index in [1.165, 1.54) is 11.1 Å². The molecule has 2 aromatic rings. The fourth-order valence-corrected chi connectivity index (χ4v) is 3.30. The van der Waals surface area contributed by atoms with Crippen LogP contribution in [0.25, 0.3) is 10.9 Å². The summed E-state index contributed by atoms with van der Waals surface area (Å²) in [4.78, 5) is 13.6. The van der Waals surface area contributed by atoms with Gasteiger partial charge in [0.1, 0.15) is 0 Å². The molecule has 2 heterocycles. The average Bonchev–Trinajstić information content (AvgIpc) is 2.92. The Kier molecular flexibility index (Phi) is 3.29. The van der Waals surface area contributed by atoms with Crippen LogP contribution in [0.15, 0.2) is 12.1 Å². The Hall–Kier alpha value is -1.81. The summed E-state index contributed by atoms with van der Waals surface area (Å²) in [6.07, 6.45) is 0.0931. The molecule has 0 saturated carbocycles. The highest BCUT2D eigenvalue weighted by Gasteiger charge is 2.24. The van der Waals surface area contributed by atoms with E-state index in [0.717, 1.165) is 35.2 Å². The molecule has 1 aliphatic rings. The van der Waals surface area contributed by atoms with Gasteiger partial charge in [-0.1, -0.05) is 0 Å². The Morgan fingerprint density at radius 2 is 1.90 bits per heavy atom. The molecule has 1 aromatic heterocycles. The smallest absolute Gasteiger partial charge is 0.307 e. The maximum absolute atomic E-state index is 11.1. The van der Waals surface area contributed by atoms with Crippen molar-refractivity contribution in [3.05, 3.63) is 34.5 Å². The maximum Gasteiger partial charge on any atom is 0.307 e. The second kappa shape index (κ2) is 4.88. The van der Waals surface area contributed by atoms with E-state index in [4.69, 9.17) is 5.11 Å². The molecule has 1 N–H and O–H groups in total. The average molecular weight is 286 g/mol. The van der Waals surface area contributed by atoms with E-state index in [1.54, 1.807) is 0 Å². The number of benzene rings is 1. The number of nitrogens with zero attached hydrogens (tertiary/aromatic N) is 2. The summed E-state index contributed by atoms with van der Waals surface area (Å²) >= 11 is 0. The van der Waals surface area contributed by atoms with Crippen LogP contribution in [0.4, 0.5) is 0 Å². The van der Waals surface area contributed by atoms with Crippen molar-refractivity contribution in [3.63, 3.8) is 0 Å². The van der Waals surface area contributed by atoms with Gasteiger partial charge < -0.3 is 9.67 Å². The molecular weight excluding hydrogens is 264 g/mol. The number of carbonyl (C=O) groups is 1. The number of hydrogen-bond donors (Lipinski definition) is 1. The molecule has 0 bridgehead atoms. The van der Waals surface area contributed by atoms with Gasteiger partial charge in [0.25, 0.3) is 0 Å². The van der Waals surface area contributed by atoms with Crippen molar-refractivity contribution >= 4 is 16.9 Å². The lowest BCUT2D eigenvalue weighted by Crippen LogP contribution is -2.24. The lowest BCUT2D eigenvalue weighted by Gasteiger charge is -2.18. The predicted octanol–water partition coefficient (Wildman–Crippen LogP) is 2.84. The van der Waals surface area contributed by atoms with E-state index in [-0.39, 0.29) is 6.42 Å². The van der Waals surface area contributed by atoms with E-state index < -0.39 is 5.97 Å². The van der Waals surface area contributed by atoms with Gasteiger partial charge in [-0.25, -0.2) is 0 Å². The van der Waals surface area contributed by atoms with Crippen LogP contribution in [0.5, 0.6) is 0 Å².